The van der Waals surface area contributed by atoms with E-state index in [0.717, 1.165) is 18.7 Å². The lowest BCUT2D eigenvalue weighted by Gasteiger charge is -2.26. The summed E-state index contributed by atoms with van der Waals surface area (Å²) in [6.07, 6.45) is 9.68. The van der Waals surface area contributed by atoms with Gasteiger partial charge < -0.3 is 10.5 Å². The van der Waals surface area contributed by atoms with Gasteiger partial charge in [0.2, 0.25) is 0 Å². The van der Waals surface area contributed by atoms with E-state index < -0.39 is 0 Å². The number of nitrogens with two attached hydrogens (primary N) is 1. The van der Waals surface area contributed by atoms with E-state index in [9.17, 15) is 0 Å². The molecule has 3 rings (SSSR count). The van der Waals surface area contributed by atoms with Crippen molar-refractivity contribution in [2.45, 2.75) is 62.8 Å². The average Bonchev–Trinajstić information content (AvgIpc) is 3.14. The van der Waals surface area contributed by atoms with Gasteiger partial charge in [-0.15, -0.1) is 0 Å². The molecule has 2 aliphatic carbocycles. The average molecular weight is 267 g/mol. The van der Waals surface area contributed by atoms with Gasteiger partial charge in [0, 0.05) is 17.5 Å². The summed E-state index contributed by atoms with van der Waals surface area (Å²) in [5, 5.41) is 0.700. The van der Waals surface area contributed by atoms with E-state index in [4.69, 9.17) is 10.5 Å². The lowest BCUT2D eigenvalue weighted by molar-refractivity contribution is 0.198. The normalized spacial score (nSPS) is 23.6. The van der Waals surface area contributed by atoms with Gasteiger partial charge in [-0.2, -0.15) is 9.36 Å². The Morgan fingerprint density at radius 3 is 2.61 bits per heavy atom. The molecule has 2 N–H and O–H groups in total. The first-order valence-electron chi connectivity index (χ1n) is 7.00. The number of hydrogen-bond acceptors (Lipinski definition) is 5. The molecule has 0 aromatic carbocycles. The van der Waals surface area contributed by atoms with Crippen molar-refractivity contribution >= 4 is 11.5 Å². The Bertz CT molecular complexity index is 395. The lowest BCUT2D eigenvalue weighted by atomic mass is 9.93. The zero-order chi connectivity index (χ0) is 12.4. The number of ether oxygens (including phenoxy) is 1. The molecule has 0 saturated heterocycles. The van der Waals surface area contributed by atoms with Crippen LogP contribution in [0.5, 0.6) is 5.19 Å². The summed E-state index contributed by atoms with van der Waals surface area (Å²) in [5.41, 5.74) is 6.27. The molecule has 5 heteroatoms. The van der Waals surface area contributed by atoms with Crippen molar-refractivity contribution < 1.29 is 4.74 Å². The van der Waals surface area contributed by atoms with Crippen molar-refractivity contribution in [3.8, 4) is 5.19 Å². The summed E-state index contributed by atoms with van der Waals surface area (Å²) in [6.45, 7) is 0.590. The molecular formula is C13H21N3OS. The predicted octanol–water partition coefficient (Wildman–Crippen LogP) is 2.85. The Morgan fingerprint density at radius 2 is 1.94 bits per heavy atom. The Hall–Kier alpha value is -0.680. The van der Waals surface area contributed by atoms with E-state index in [1.807, 2.05) is 0 Å². The highest BCUT2D eigenvalue weighted by atomic mass is 32.1. The van der Waals surface area contributed by atoms with Crippen molar-refractivity contribution in [3.05, 3.63) is 5.82 Å². The molecule has 0 unspecified atom stereocenters. The number of nitrogens with zero attached hydrogens (tertiary/aromatic N) is 2. The first kappa shape index (κ1) is 12.4. The maximum atomic E-state index is 6.42. The second-order valence-corrected chi connectivity index (χ2v) is 6.47. The van der Waals surface area contributed by atoms with E-state index >= 15 is 0 Å². The van der Waals surface area contributed by atoms with Gasteiger partial charge in [-0.05, 0) is 25.7 Å². The molecule has 1 aromatic heterocycles. The van der Waals surface area contributed by atoms with Crippen LogP contribution in [0, 0.1) is 0 Å². The minimum Gasteiger partial charge on any atom is -0.467 e. The molecule has 2 saturated carbocycles. The maximum Gasteiger partial charge on any atom is 0.293 e. The number of rotatable bonds is 4. The van der Waals surface area contributed by atoms with Gasteiger partial charge in [0.15, 0.2) is 0 Å². The zero-order valence-electron chi connectivity index (χ0n) is 10.7. The van der Waals surface area contributed by atoms with Crippen molar-refractivity contribution in [3.63, 3.8) is 0 Å². The van der Waals surface area contributed by atoms with Crippen LogP contribution in [0.4, 0.5) is 0 Å². The molecule has 0 bridgehead atoms. The molecule has 4 nitrogen and oxygen atoms in total. The summed E-state index contributed by atoms with van der Waals surface area (Å²) in [5.74, 6) is 1.57. The van der Waals surface area contributed by atoms with Gasteiger partial charge in [-0.1, -0.05) is 25.7 Å². The molecule has 0 spiro atoms. The molecule has 2 fully saturated rings. The van der Waals surface area contributed by atoms with Crippen molar-refractivity contribution in [1.29, 1.82) is 0 Å². The lowest BCUT2D eigenvalue weighted by Crippen LogP contribution is -2.45. The summed E-state index contributed by atoms with van der Waals surface area (Å²) in [4.78, 5) is 4.44. The van der Waals surface area contributed by atoms with Crippen LogP contribution in [0.3, 0.4) is 0 Å². The van der Waals surface area contributed by atoms with Crippen LogP contribution in [-0.4, -0.2) is 21.5 Å². The molecule has 2 aliphatic rings. The van der Waals surface area contributed by atoms with Gasteiger partial charge in [-0.3, -0.25) is 0 Å². The zero-order valence-corrected chi connectivity index (χ0v) is 11.5. The Morgan fingerprint density at radius 1 is 1.22 bits per heavy atom. The standard InChI is InChI=1S/C13H21N3OS/c14-13(7-3-1-2-4-8-13)9-17-12-15-11(16-18-12)10-5-6-10/h10H,1-9,14H2. The minimum atomic E-state index is -0.151. The summed E-state index contributed by atoms with van der Waals surface area (Å²) >= 11 is 1.37. The van der Waals surface area contributed by atoms with Crippen LogP contribution in [0.15, 0.2) is 0 Å². The summed E-state index contributed by atoms with van der Waals surface area (Å²) in [7, 11) is 0. The van der Waals surface area contributed by atoms with Gasteiger partial charge in [0.25, 0.3) is 5.19 Å². The van der Waals surface area contributed by atoms with Crippen LogP contribution in [0.1, 0.15) is 63.1 Å². The first-order chi connectivity index (χ1) is 8.75. The van der Waals surface area contributed by atoms with Crippen molar-refractivity contribution in [1.82, 2.24) is 9.36 Å². The predicted molar refractivity (Wildman–Crippen MR) is 72.0 cm³/mol. The van der Waals surface area contributed by atoms with Gasteiger partial charge >= 0.3 is 0 Å². The smallest absolute Gasteiger partial charge is 0.293 e. The van der Waals surface area contributed by atoms with Crippen LogP contribution < -0.4 is 10.5 Å². The fraction of sp³-hybridized carbons (Fsp3) is 0.846. The highest BCUT2D eigenvalue weighted by molar-refractivity contribution is 7.07. The maximum absolute atomic E-state index is 6.42. The van der Waals surface area contributed by atoms with Crippen LogP contribution in [-0.2, 0) is 0 Å². The number of aromatic nitrogens is 2. The summed E-state index contributed by atoms with van der Waals surface area (Å²) < 4.78 is 10.1. The highest BCUT2D eigenvalue weighted by Gasteiger charge is 2.30. The summed E-state index contributed by atoms with van der Waals surface area (Å²) in [6, 6.07) is 0. The molecule has 0 atom stereocenters. The number of hydrogen-bond donors (Lipinski definition) is 1. The molecule has 1 aromatic rings. The monoisotopic (exact) mass is 267 g/mol. The largest absolute Gasteiger partial charge is 0.467 e. The fourth-order valence-corrected chi connectivity index (χ4v) is 3.18. The van der Waals surface area contributed by atoms with Gasteiger partial charge in [0.05, 0.1) is 5.54 Å². The molecule has 0 amide bonds. The van der Waals surface area contributed by atoms with E-state index in [1.54, 1.807) is 0 Å². The van der Waals surface area contributed by atoms with E-state index in [0.29, 0.717) is 17.7 Å². The van der Waals surface area contributed by atoms with Crippen LogP contribution in [0.2, 0.25) is 0 Å². The fourth-order valence-electron chi connectivity index (χ4n) is 2.57. The molecule has 100 valence electrons. The van der Waals surface area contributed by atoms with Crippen molar-refractivity contribution in [2.75, 3.05) is 6.61 Å². The third-order valence-electron chi connectivity index (χ3n) is 3.95. The molecular weight excluding hydrogens is 246 g/mol. The first-order valence-corrected chi connectivity index (χ1v) is 7.78. The molecule has 1 heterocycles. The topological polar surface area (TPSA) is 61.0 Å². The second-order valence-electron chi connectivity index (χ2n) is 5.76. The Balaban J connectivity index is 1.55. The molecule has 0 radical (unpaired) electrons. The van der Waals surface area contributed by atoms with Crippen LogP contribution in [0.25, 0.3) is 0 Å². The van der Waals surface area contributed by atoms with E-state index in [1.165, 1.54) is 50.1 Å². The van der Waals surface area contributed by atoms with Gasteiger partial charge in [0.1, 0.15) is 12.4 Å². The highest BCUT2D eigenvalue weighted by Crippen LogP contribution is 2.39. The molecule has 0 aliphatic heterocycles. The Kier molecular flexibility index (Phi) is 3.52. The molecule has 18 heavy (non-hydrogen) atoms. The second kappa shape index (κ2) is 5.13. The van der Waals surface area contributed by atoms with E-state index in [-0.39, 0.29) is 5.54 Å². The third kappa shape index (κ3) is 3.01. The Labute approximate surface area is 112 Å². The quantitative estimate of drug-likeness (QED) is 0.852. The third-order valence-corrected chi connectivity index (χ3v) is 4.59. The SMILES string of the molecule is NC1(COc2nc(C3CC3)ns2)CCCCCC1. The van der Waals surface area contributed by atoms with Crippen LogP contribution >= 0.6 is 11.5 Å². The minimum absolute atomic E-state index is 0.151. The van der Waals surface area contributed by atoms with Gasteiger partial charge in [-0.25, -0.2) is 0 Å². The van der Waals surface area contributed by atoms with Crippen molar-refractivity contribution in [2.24, 2.45) is 5.73 Å². The van der Waals surface area contributed by atoms with E-state index in [2.05, 4.69) is 9.36 Å².